The molecule has 1 aliphatic carbocycles. The van der Waals surface area contributed by atoms with Gasteiger partial charge in [0.25, 0.3) is 0 Å². The highest BCUT2D eigenvalue weighted by atomic mass is 16.2. The van der Waals surface area contributed by atoms with Crippen LogP contribution in [0.4, 0.5) is 5.69 Å². The molecule has 1 fully saturated rings. The Balaban J connectivity index is 1.52. The predicted molar refractivity (Wildman–Crippen MR) is 96.8 cm³/mol. The summed E-state index contributed by atoms with van der Waals surface area (Å²) in [7, 11) is 0. The molecule has 0 aliphatic heterocycles. The molecule has 2 atom stereocenters. The molecule has 1 aliphatic rings. The summed E-state index contributed by atoms with van der Waals surface area (Å²) in [5.41, 5.74) is 5.10. The zero-order chi connectivity index (χ0) is 17.4. The molecular weight excluding hydrogens is 312 g/mol. The molecule has 4 rings (SSSR count). The van der Waals surface area contributed by atoms with Crippen molar-refractivity contribution < 1.29 is 4.79 Å². The maximum absolute atomic E-state index is 12.7. The molecule has 25 heavy (non-hydrogen) atoms. The van der Waals surface area contributed by atoms with E-state index < -0.39 is 0 Å². The topological polar surface area (TPSA) is 59.8 Å². The molecule has 5 heteroatoms. The summed E-state index contributed by atoms with van der Waals surface area (Å²) in [6.45, 7) is 4.09. The first-order valence-corrected chi connectivity index (χ1v) is 8.45. The fourth-order valence-corrected chi connectivity index (χ4v) is 3.28. The van der Waals surface area contributed by atoms with Crippen LogP contribution < -0.4 is 5.32 Å². The van der Waals surface area contributed by atoms with E-state index in [1.54, 1.807) is 23.3 Å². The highest BCUT2D eigenvalue weighted by Gasteiger charge is 2.44. The lowest BCUT2D eigenvalue weighted by molar-refractivity contribution is -0.117. The van der Waals surface area contributed by atoms with Crippen LogP contribution in [0.25, 0.3) is 5.69 Å². The molecule has 2 aromatic heterocycles. The zero-order valence-electron chi connectivity index (χ0n) is 14.3. The van der Waals surface area contributed by atoms with Gasteiger partial charge in [-0.25, -0.2) is 4.68 Å². The van der Waals surface area contributed by atoms with Crippen LogP contribution in [0.1, 0.15) is 29.0 Å². The molecule has 0 saturated heterocycles. The van der Waals surface area contributed by atoms with E-state index in [9.17, 15) is 4.79 Å². The normalized spacial score (nSPS) is 18.8. The van der Waals surface area contributed by atoms with Gasteiger partial charge < -0.3 is 5.32 Å². The Hall–Kier alpha value is -2.95. The van der Waals surface area contributed by atoms with E-state index in [1.165, 1.54) is 11.1 Å². The Morgan fingerprint density at radius 3 is 2.80 bits per heavy atom. The Kier molecular flexibility index (Phi) is 3.84. The summed E-state index contributed by atoms with van der Waals surface area (Å²) in [6.07, 6.45) is 8.00. The van der Waals surface area contributed by atoms with Gasteiger partial charge in [0.15, 0.2) is 0 Å². The van der Waals surface area contributed by atoms with Gasteiger partial charge in [-0.3, -0.25) is 9.78 Å². The minimum Gasteiger partial charge on any atom is -0.323 e. The van der Waals surface area contributed by atoms with Crippen molar-refractivity contribution in [2.24, 2.45) is 5.92 Å². The minimum atomic E-state index is 0.0218. The van der Waals surface area contributed by atoms with Gasteiger partial charge in [0.1, 0.15) is 0 Å². The first kappa shape index (κ1) is 15.6. The Morgan fingerprint density at radius 2 is 2.04 bits per heavy atom. The van der Waals surface area contributed by atoms with Crippen LogP contribution in [0, 0.1) is 19.8 Å². The number of carbonyl (C=O) groups excluding carboxylic acids is 1. The number of rotatable bonds is 4. The molecule has 1 amide bonds. The maximum Gasteiger partial charge on any atom is 0.228 e. The van der Waals surface area contributed by atoms with Gasteiger partial charge in [0.2, 0.25) is 5.91 Å². The first-order valence-electron chi connectivity index (χ1n) is 8.45. The molecule has 126 valence electrons. The predicted octanol–water partition coefficient (Wildman–Crippen LogP) is 3.63. The molecular formula is C20H20N4O. The molecule has 0 spiro atoms. The van der Waals surface area contributed by atoms with Gasteiger partial charge >= 0.3 is 0 Å². The van der Waals surface area contributed by atoms with Gasteiger partial charge in [-0.2, -0.15) is 5.10 Å². The molecule has 1 saturated carbocycles. The molecule has 2 heterocycles. The van der Waals surface area contributed by atoms with Crippen molar-refractivity contribution in [2.45, 2.75) is 26.2 Å². The van der Waals surface area contributed by atoms with E-state index in [1.807, 2.05) is 31.3 Å². The van der Waals surface area contributed by atoms with Crippen molar-refractivity contribution in [1.82, 2.24) is 14.8 Å². The van der Waals surface area contributed by atoms with E-state index in [0.29, 0.717) is 11.6 Å². The van der Waals surface area contributed by atoms with Crippen LogP contribution in [-0.2, 0) is 4.79 Å². The number of anilines is 1. The summed E-state index contributed by atoms with van der Waals surface area (Å²) in [5, 5.41) is 7.36. The van der Waals surface area contributed by atoms with E-state index in [0.717, 1.165) is 17.7 Å². The maximum atomic E-state index is 12.7. The van der Waals surface area contributed by atoms with Crippen molar-refractivity contribution in [2.75, 3.05) is 5.32 Å². The van der Waals surface area contributed by atoms with Crippen LogP contribution in [0.15, 0.2) is 55.1 Å². The highest BCUT2D eigenvalue weighted by molar-refractivity contribution is 5.96. The average molecular weight is 332 g/mol. The van der Waals surface area contributed by atoms with E-state index >= 15 is 0 Å². The lowest BCUT2D eigenvalue weighted by atomic mass is 10.0. The smallest absolute Gasteiger partial charge is 0.228 e. The van der Waals surface area contributed by atoms with Gasteiger partial charge in [0.05, 0.1) is 23.8 Å². The third kappa shape index (κ3) is 3.05. The van der Waals surface area contributed by atoms with Crippen molar-refractivity contribution in [1.29, 1.82) is 0 Å². The number of aromatic nitrogens is 3. The number of amides is 1. The number of hydrogen-bond donors (Lipinski definition) is 1. The van der Waals surface area contributed by atoms with Crippen LogP contribution in [0.2, 0.25) is 0 Å². The number of benzene rings is 1. The summed E-state index contributed by atoms with van der Waals surface area (Å²) >= 11 is 0. The third-order valence-electron chi connectivity index (χ3n) is 4.73. The van der Waals surface area contributed by atoms with Gasteiger partial charge in [-0.05, 0) is 48.9 Å². The molecule has 0 radical (unpaired) electrons. The second-order valence-corrected chi connectivity index (χ2v) is 6.65. The fourth-order valence-electron chi connectivity index (χ4n) is 3.28. The number of pyridine rings is 1. The average Bonchev–Trinajstić information content (AvgIpc) is 3.29. The second-order valence-electron chi connectivity index (χ2n) is 6.65. The molecule has 2 unspecified atom stereocenters. The SMILES string of the molecule is Cc1cnn(-c2ccncc2NC(=O)C2CC2c2ccccc2C)c1. The summed E-state index contributed by atoms with van der Waals surface area (Å²) in [4.78, 5) is 16.8. The van der Waals surface area contributed by atoms with Crippen LogP contribution >= 0.6 is 0 Å². The number of carbonyl (C=O) groups is 1. The van der Waals surface area contributed by atoms with Crippen molar-refractivity contribution in [3.05, 3.63) is 71.8 Å². The lowest BCUT2D eigenvalue weighted by Gasteiger charge is -2.11. The van der Waals surface area contributed by atoms with Crippen LogP contribution in [0.5, 0.6) is 0 Å². The summed E-state index contributed by atoms with van der Waals surface area (Å²) in [6, 6.07) is 10.1. The van der Waals surface area contributed by atoms with Crippen molar-refractivity contribution in [3.63, 3.8) is 0 Å². The van der Waals surface area contributed by atoms with E-state index in [2.05, 4.69) is 34.5 Å². The third-order valence-corrected chi connectivity index (χ3v) is 4.73. The summed E-state index contributed by atoms with van der Waals surface area (Å²) in [5.74, 6) is 0.383. The molecule has 3 aromatic rings. The van der Waals surface area contributed by atoms with E-state index in [4.69, 9.17) is 0 Å². The Morgan fingerprint density at radius 1 is 1.20 bits per heavy atom. The Labute approximate surface area is 146 Å². The van der Waals surface area contributed by atoms with Crippen molar-refractivity contribution >= 4 is 11.6 Å². The number of hydrogen-bond acceptors (Lipinski definition) is 3. The molecule has 0 bridgehead atoms. The summed E-state index contributed by atoms with van der Waals surface area (Å²) < 4.78 is 1.76. The number of nitrogens with zero attached hydrogens (tertiary/aromatic N) is 3. The zero-order valence-corrected chi connectivity index (χ0v) is 14.3. The number of aryl methyl sites for hydroxylation is 2. The number of nitrogens with one attached hydrogen (secondary N) is 1. The highest BCUT2D eigenvalue weighted by Crippen LogP contribution is 2.49. The molecule has 1 aromatic carbocycles. The quantitative estimate of drug-likeness (QED) is 0.794. The van der Waals surface area contributed by atoms with Gasteiger partial charge in [-0.1, -0.05) is 24.3 Å². The van der Waals surface area contributed by atoms with Crippen LogP contribution in [-0.4, -0.2) is 20.7 Å². The Bertz CT molecular complexity index is 931. The van der Waals surface area contributed by atoms with Crippen molar-refractivity contribution in [3.8, 4) is 5.69 Å². The lowest BCUT2D eigenvalue weighted by Crippen LogP contribution is -2.16. The van der Waals surface area contributed by atoms with Crippen LogP contribution in [0.3, 0.4) is 0 Å². The standard InChI is InChI=1S/C20H20N4O/c1-13-10-22-24(12-13)19-7-8-21-11-18(19)23-20(25)17-9-16(17)15-6-4-3-5-14(15)2/h3-8,10-12,16-17H,9H2,1-2H3,(H,23,25). The fraction of sp³-hybridized carbons (Fsp3) is 0.250. The first-order chi connectivity index (χ1) is 12.1. The van der Waals surface area contributed by atoms with Gasteiger partial charge in [-0.15, -0.1) is 0 Å². The largest absolute Gasteiger partial charge is 0.323 e. The van der Waals surface area contributed by atoms with E-state index in [-0.39, 0.29) is 11.8 Å². The molecule has 5 nitrogen and oxygen atoms in total. The second kappa shape index (κ2) is 6.16. The monoisotopic (exact) mass is 332 g/mol. The molecule has 1 N–H and O–H groups in total. The van der Waals surface area contributed by atoms with Gasteiger partial charge in [0, 0.05) is 18.3 Å². The minimum absolute atomic E-state index is 0.0218.